The SMILES string of the molecule is Cc1cc(NC(=O)C(=O)O)cc(Cl)c1Oc1ccc(O)c(C(=O)NC2CC2)c1. The van der Waals surface area contributed by atoms with Crippen molar-refractivity contribution in [3.8, 4) is 17.2 Å². The third kappa shape index (κ3) is 4.52. The maximum absolute atomic E-state index is 12.2. The number of rotatable bonds is 5. The molecule has 9 heteroatoms. The number of carboxylic acid groups (broad SMARTS) is 1. The number of phenols is 1. The van der Waals surface area contributed by atoms with Gasteiger partial charge in [-0.25, -0.2) is 4.79 Å². The van der Waals surface area contributed by atoms with E-state index in [4.69, 9.17) is 21.4 Å². The molecule has 0 bridgehead atoms. The minimum Gasteiger partial charge on any atom is -0.507 e. The van der Waals surface area contributed by atoms with Crippen LogP contribution in [0.5, 0.6) is 17.2 Å². The summed E-state index contributed by atoms with van der Waals surface area (Å²) in [6, 6.07) is 7.24. The van der Waals surface area contributed by atoms with Gasteiger partial charge < -0.3 is 25.6 Å². The van der Waals surface area contributed by atoms with Crippen molar-refractivity contribution in [1.82, 2.24) is 5.32 Å². The van der Waals surface area contributed by atoms with Crippen LogP contribution in [0.2, 0.25) is 5.02 Å². The number of aliphatic carboxylic acids is 1. The number of carbonyl (C=O) groups excluding carboxylic acids is 2. The van der Waals surface area contributed by atoms with Gasteiger partial charge in [0.05, 0.1) is 10.6 Å². The number of carboxylic acids is 1. The molecule has 0 saturated heterocycles. The molecule has 1 aliphatic rings. The highest BCUT2D eigenvalue weighted by Crippen LogP contribution is 2.36. The predicted octanol–water partition coefficient (Wildman–Crippen LogP) is 3.06. The molecule has 2 aromatic carbocycles. The fourth-order valence-electron chi connectivity index (χ4n) is 2.49. The lowest BCUT2D eigenvalue weighted by Gasteiger charge is -2.14. The summed E-state index contributed by atoms with van der Waals surface area (Å²) < 4.78 is 5.76. The number of halogens is 1. The minimum absolute atomic E-state index is 0.0866. The number of ether oxygens (including phenoxy) is 1. The number of carbonyl (C=O) groups is 3. The van der Waals surface area contributed by atoms with Crippen LogP contribution in [0.1, 0.15) is 28.8 Å². The fourth-order valence-corrected chi connectivity index (χ4v) is 2.79. The number of amides is 2. The second kappa shape index (κ2) is 7.77. The normalized spacial score (nSPS) is 12.9. The third-order valence-corrected chi connectivity index (χ3v) is 4.31. The van der Waals surface area contributed by atoms with E-state index in [9.17, 15) is 19.5 Å². The van der Waals surface area contributed by atoms with E-state index in [2.05, 4.69) is 10.6 Å². The van der Waals surface area contributed by atoms with Gasteiger partial charge in [0.15, 0.2) is 0 Å². The number of phenolic OH excluding ortho intramolecular Hbond substituents is 1. The Balaban J connectivity index is 1.82. The molecule has 28 heavy (non-hydrogen) atoms. The molecule has 1 aliphatic carbocycles. The lowest BCUT2D eigenvalue weighted by atomic mass is 10.1. The molecule has 0 spiro atoms. The van der Waals surface area contributed by atoms with E-state index in [1.165, 1.54) is 30.3 Å². The molecule has 8 nitrogen and oxygen atoms in total. The van der Waals surface area contributed by atoms with Crippen molar-refractivity contribution in [1.29, 1.82) is 0 Å². The van der Waals surface area contributed by atoms with Gasteiger partial charge >= 0.3 is 11.9 Å². The second-order valence-electron chi connectivity index (χ2n) is 6.39. The van der Waals surface area contributed by atoms with Gasteiger partial charge in [-0.05, 0) is 55.7 Å². The van der Waals surface area contributed by atoms with Crippen LogP contribution in [0.3, 0.4) is 0 Å². The molecule has 0 heterocycles. The molecule has 0 radical (unpaired) electrons. The van der Waals surface area contributed by atoms with Crippen molar-refractivity contribution in [2.45, 2.75) is 25.8 Å². The molecule has 1 saturated carbocycles. The first-order valence-corrected chi connectivity index (χ1v) is 8.78. The Kier molecular flexibility index (Phi) is 5.41. The Morgan fingerprint density at radius 3 is 2.50 bits per heavy atom. The Labute approximate surface area is 165 Å². The van der Waals surface area contributed by atoms with Crippen molar-refractivity contribution >= 4 is 35.1 Å². The summed E-state index contributed by atoms with van der Waals surface area (Å²) in [7, 11) is 0. The first-order valence-electron chi connectivity index (χ1n) is 8.40. The Morgan fingerprint density at radius 2 is 1.89 bits per heavy atom. The first-order chi connectivity index (χ1) is 13.2. The van der Waals surface area contributed by atoms with Crippen molar-refractivity contribution < 1.29 is 29.3 Å². The summed E-state index contributed by atoms with van der Waals surface area (Å²) in [5.74, 6) is -2.80. The molecule has 146 valence electrons. The smallest absolute Gasteiger partial charge is 0.394 e. The van der Waals surface area contributed by atoms with Crippen LogP contribution in [0, 0.1) is 6.92 Å². The van der Waals surface area contributed by atoms with E-state index in [0.717, 1.165) is 12.8 Å². The van der Waals surface area contributed by atoms with E-state index < -0.39 is 11.9 Å². The number of anilines is 1. The van der Waals surface area contributed by atoms with Crippen LogP contribution in [0.4, 0.5) is 5.69 Å². The Morgan fingerprint density at radius 1 is 1.18 bits per heavy atom. The van der Waals surface area contributed by atoms with Crippen molar-refractivity contribution in [3.63, 3.8) is 0 Å². The first kappa shape index (κ1) is 19.5. The Bertz CT molecular complexity index is 948. The number of nitrogens with one attached hydrogen (secondary N) is 2. The number of hydrogen-bond donors (Lipinski definition) is 4. The fraction of sp³-hybridized carbons (Fsp3) is 0.211. The molecule has 1 fully saturated rings. The van der Waals surface area contributed by atoms with Gasteiger partial charge in [-0.2, -0.15) is 0 Å². The maximum atomic E-state index is 12.2. The van der Waals surface area contributed by atoms with E-state index in [-0.39, 0.29) is 45.5 Å². The largest absolute Gasteiger partial charge is 0.507 e. The molecule has 2 amide bonds. The Hall–Kier alpha value is -3.26. The zero-order valence-corrected chi connectivity index (χ0v) is 15.5. The van der Waals surface area contributed by atoms with Crippen molar-refractivity contribution in [2.75, 3.05) is 5.32 Å². The van der Waals surface area contributed by atoms with Crippen LogP contribution in [0.15, 0.2) is 30.3 Å². The quantitative estimate of drug-likeness (QED) is 0.567. The van der Waals surface area contributed by atoms with E-state index >= 15 is 0 Å². The third-order valence-electron chi connectivity index (χ3n) is 4.03. The van der Waals surface area contributed by atoms with E-state index in [0.29, 0.717) is 5.56 Å². The predicted molar refractivity (Wildman–Crippen MR) is 101 cm³/mol. The van der Waals surface area contributed by atoms with Gasteiger partial charge in [-0.1, -0.05) is 11.6 Å². The van der Waals surface area contributed by atoms with Crippen molar-refractivity contribution in [2.24, 2.45) is 0 Å². The highest BCUT2D eigenvalue weighted by atomic mass is 35.5. The molecule has 0 atom stereocenters. The minimum atomic E-state index is -1.62. The zero-order chi connectivity index (χ0) is 20.4. The summed E-state index contributed by atoms with van der Waals surface area (Å²) in [5.41, 5.74) is 0.825. The molecule has 0 unspecified atom stereocenters. The highest BCUT2D eigenvalue weighted by Gasteiger charge is 2.25. The molecule has 3 rings (SSSR count). The standard InChI is InChI=1S/C19H17ClN2O6/c1-9-6-11(22-18(25)19(26)27)7-14(20)16(9)28-12-4-5-15(23)13(8-12)17(24)21-10-2-3-10/h4-8,10,23H,2-3H2,1H3,(H,21,24)(H,22,25)(H,26,27). The van der Waals surface area contributed by atoms with Gasteiger partial charge in [0.25, 0.3) is 5.91 Å². The van der Waals surface area contributed by atoms with Gasteiger partial charge in [-0.3, -0.25) is 9.59 Å². The molecule has 0 aliphatic heterocycles. The molecule has 2 aromatic rings. The number of benzene rings is 2. The number of hydrogen-bond acceptors (Lipinski definition) is 5. The van der Waals surface area contributed by atoms with Crippen LogP contribution in [-0.2, 0) is 9.59 Å². The van der Waals surface area contributed by atoms with Crippen LogP contribution in [-0.4, -0.2) is 34.0 Å². The summed E-state index contributed by atoms with van der Waals surface area (Å²) in [6.45, 7) is 1.67. The highest BCUT2D eigenvalue weighted by molar-refractivity contribution is 6.37. The molecular weight excluding hydrogens is 388 g/mol. The van der Waals surface area contributed by atoms with Gasteiger partial charge in [-0.15, -0.1) is 0 Å². The number of aryl methyl sites for hydroxylation is 1. The van der Waals surface area contributed by atoms with Crippen LogP contribution in [0.25, 0.3) is 0 Å². The molecular formula is C19H17ClN2O6. The van der Waals surface area contributed by atoms with Crippen molar-refractivity contribution in [3.05, 3.63) is 46.5 Å². The second-order valence-corrected chi connectivity index (χ2v) is 6.80. The topological polar surface area (TPSA) is 125 Å². The number of aromatic hydroxyl groups is 1. The monoisotopic (exact) mass is 404 g/mol. The average molecular weight is 405 g/mol. The van der Waals surface area contributed by atoms with Gasteiger partial charge in [0.1, 0.15) is 17.2 Å². The molecule has 4 N–H and O–H groups in total. The summed E-state index contributed by atoms with van der Waals surface area (Å²) in [6.07, 6.45) is 1.84. The summed E-state index contributed by atoms with van der Waals surface area (Å²) in [5, 5.41) is 23.7. The van der Waals surface area contributed by atoms with Crippen LogP contribution < -0.4 is 15.4 Å². The average Bonchev–Trinajstić information content (AvgIpc) is 3.43. The zero-order valence-electron chi connectivity index (χ0n) is 14.8. The van der Waals surface area contributed by atoms with E-state index in [1.54, 1.807) is 6.92 Å². The molecule has 0 aromatic heterocycles. The summed E-state index contributed by atoms with van der Waals surface area (Å²) in [4.78, 5) is 34.1. The van der Waals surface area contributed by atoms with E-state index in [1.807, 2.05) is 0 Å². The van der Waals surface area contributed by atoms with Crippen LogP contribution >= 0.6 is 11.6 Å². The lowest BCUT2D eigenvalue weighted by molar-refractivity contribution is -0.147. The lowest BCUT2D eigenvalue weighted by Crippen LogP contribution is -2.25. The summed E-state index contributed by atoms with van der Waals surface area (Å²) >= 11 is 6.21. The maximum Gasteiger partial charge on any atom is 0.394 e. The van der Waals surface area contributed by atoms with Gasteiger partial charge in [0, 0.05) is 11.7 Å². The van der Waals surface area contributed by atoms with Gasteiger partial charge in [0.2, 0.25) is 0 Å².